The number of H-pyrrole nitrogens is 1. The number of carboxylic acids is 1. The number of fused-ring (bicyclic) bond motifs is 1. The van der Waals surface area contributed by atoms with Crippen LogP contribution in [-0.2, 0) is 65.6 Å². The van der Waals surface area contributed by atoms with E-state index in [1.165, 1.54) is 76.1 Å². The maximum absolute atomic E-state index is 14.2. The van der Waals surface area contributed by atoms with Crippen LogP contribution in [0.1, 0.15) is 161 Å². The molecular weight excluding hydrogens is 1150 g/mol. The summed E-state index contributed by atoms with van der Waals surface area (Å²) in [7, 11) is 0. The van der Waals surface area contributed by atoms with E-state index in [4.69, 9.17) is 17.2 Å². The van der Waals surface area contributed by atoms with Gasteiger partial charge in [0.1, 0.15) is 42.0 Å². The number of carbonyl (C=O) groups excluding carboxylic acids is 10. The number of carbonyl (C=O) groups is 11. The summed E-state index contributed by atoms with van der Waals surface area (Å²) in [5, 5.41) is 43.3. The van der Waals surface area contributed by atoms with E-state index in [1.54, 1.807) is 13.1 Å². The van der Waals surface area contributed by atoms with E-state index in [-0.39, 0.29) is 75.7 Å². The average Bonchev–Trinajstić information content (AvgIpc) is 3.09. The molecule has 0 aliphatic rings. The highest BCUT2D eigenvalue weighted by Crippen LogP contribution is 2.21. The van der Waals surface area contributed by atoms with E-state index < -0.39 is 121 Å². The van der Waals surface area contributed by atoms with Crippen LogP contribution in [0.15, 0.2) is 54.7 Å². The lowest BCUT2D eigenvalue weighted by Crippen LogP contribution is -2.59. The topological polar surface area (TPSA) is 430 Å². The molecule has 0 aliphatic carbocycles. The Morgan fingerprint density at radius 3 is 1.66 bits per heavy atom. The van der Waals surface area contributed by atoms with Gasteiger partial charge in [0.05, 0.1) is 25.4 Å². The smallest absolute Gasteiger partial charge is 0.325 e. The number of benzene rings is 2. The SMILES string of the molecule is CCCCCCCCCCCCCC(=O)N[C@H](Cc1c[nH]c2ccccc12)C(=O)NCC(=O)NCC(=O)NC[C@@H](C(=O)N[C@H](CCCN)C(=O)N[C@H](CCCCN)C(=O)N[C@H](CC(N)=O)C(=O)N[C@H](Cc1ccc(O)cc1)C(=O)N[C@H](C)C(=O)O)[C@H](C)CC. The fraction of sp³-hybridized carbons (Fsp3) is 0.603. The summed E-state index contributed by atoms with van der Waals surface area (Å²) in [6.45, 7) is 6.13. The molecule has 0 bridgehead atoms. The average molecular weight is 1250 g/mol. The number of amides is 10. The van der Waals surface area contributed by atoms with Gasteiger partial charge in [0.25, 0.3) is 0 Å². The zero-order valence-corrected chi connectivity index (χ0v) is 52.3. The highest BCUT2D eigenvalue weighted by Gasteiger charge is 2.35. The lowest BCUT2D eigenvalue weighted by molar-refractivity contribution is -0.142. The van der Waals surface area contributed by atoms with Gasteiger partial charge < -0.3 is 80.2 Å². The zero-order valence-electron chi connectivity index (χ0n) is 52.3. The van der Waals surface area contributed by atoms with Crippen LogP contribution in [0.3, 0.4) is 0 Å². The van der Waals surface area contributed by atoms with E-state index in [2.05, 4.69) is 59.8 Å². The lowest BCUT2D eigenvalue weighted by atomic mass is 9.90. The number of carboxylic acid groups (broad SMARTS) is 1. The molecule has 1 aromatic heterocycles. The number of unbranched alkanes of at least 4 members (excludes halogenated alkanes) is 11. The first-order valence-electron chi connectivity index (χ1n) is 31.5. The lowest BCUT2D eigenvalue weighted by Gasteiger charge is -2.28. The van der Waals surface area contributed by atoms with Crippen molar-refractivity contribution >= 4 is 75.9 Å². The summed E-state index contributed by atoms with van der Waals surface area (Å²) < 4.78 is 0. The molecular formula is C63H99N13O13. The molecule has 0 spiro atoms. The number of primary amides is 1. The highest BCUT2D eigenvalue weighted by molar-refractivity contribution is 5.98. The van der Waals surface area contributed by atoms with Crippen molar-refractivity contribution in [2.45, 2.75) is 199 Å². The molecule has 494 valence electrons. The normalized spacial score (nSPS) is 13.8. The van der Waals surface area contributed by atoms with E-state index in [0.29, 0.717) is 31.2 Å². The molecule has 0 radical (unpaired) electrons. The molecule has 3 aromatic rings. The minimum Gasteiger partial charge on any atom is -0.508 e. The quantitative estimate of drug-likeness (QED) is 0.0360. The molecule has 26 nitrogen and oxygen atoms in total. The van der Waals surface area contributed by atoms with Gasteiger partial charge in [-0.25, -0.2) is 0 Å². The van der Waals surface area contributed by atoms with Crippen molar-refractivity contribution < 1.29 is 63.0 Å². The number of aromatic amines is 1. The van der Waals surface area contributed by atoms with Crippen molar-refractivity contribution in [1.82, 2.24) is 52.8 Å². The van der Waals surface area contributed by atoms with Gasteiger partial charge in [0, 0.05) is 42.9 Å². The van der Waals surface area contributed by atoms with Crippen molar-refractivity contribution in [2.24, 2.45) is 29.0 Å². The predicted octanol–water partition coefficient (Wildman–Crippen LogP) is 2.13. The van der Waals surface area contributed by atoms with E-state index in [9.17, 15) is 63.0 Å². The molecule has 18 N–H and O–H groups in total. The van der Waals surface area contributed by atoms with E-state index >= 15 is 0 Å². The first kappa shape index (κ1) is 75.1. The third-order valence-electron chi connectivity index (χ3n) is 15.5. The number of rotatable bonds is 46. The Hall–Kier alpha value is -8.13. The molecule has 0 unspecified atom stereocenters. The van der Waals surface area contributed by atoms with Crippen LogP contribution < -0.4 is 65.1 Å². The van der Waals surface area contributed by atoms with Gasteiger partial charge in [-0.2, -0.15) is 0 Å². The van der Waals surface area contributed by atoms with Crippen LogP contribution in [0.4, 0.5) is 0 Å². The number of nitrogens with one attached hydrogen (secondary N) is 10. The van der Waals surface area contributed by atoms with Crippen LogP contribution in [0.2, 0.25) is 0 Å². The summed E-state index contributed by atoms with van der Waals surface area (Å²) in [5.41, 5.74) is 19.2. The predicted molar refractivity (Wildman–Crippen MR) is 337 cm³/mol. The third kappa shape index (κ3) is 29.2. The number of phenols is 1. The molecule has 10 amide bonds. The Kier molecular flexibility index (Phi) is 35.4. The van der Waals surface area contributed by atoms with Gasteiger partial charge in [-0.05, 0) is 93.8 Å². The molecule has 26 heteroatoms. The largest absolute Gasteiger partial charge is 0.508 e. The molecule has 0 fully saturated rings. The van der Waals surface area contributed by atoms with Gasteiger partial charge in [0.2, 0.25) is 59.1 Å². The summed E-state index contributed by atoms with van der Waals surface area (Å²) >= 11 is 0. The van der Waals surface area contributed by atoms with Crippen molar-refractivity contribution in [3.8, 4) is 5.75 Å². The summed E-state index contributed by atoms with van der Waals surface area (Å²) in [5.74, 6) is -10.3. The first-order chi connectivity index (χ1) is 42.6. The van der Waals surface area contributed by atoms with Crippen LogP contribution in [0.25, 0.3) is 10.9 Å². The van der Waals surface area contributed by atoms with E-state index in [0.717, 1.165) is 35.7 Å². The molecule has 89 heavy (non-hydrogen) atoms. The fourth-order valence-electron chi connectivity index (χ4n) is 9.91. The van der Waals surface area contributed by atoms with Crippen LogP contribution in [0.5, 0.6) is 5.75 Å². The molecule has 0 aliphatic heterocycles. The molecule has 3 rings (SSSR count). The van der Waals surface area contributed by atoms with Crippen molar-refractivity contribution in [3.05, 3.63) is 65.9 Å². The second kappa shape index (κ2) is 41.9. The monoisotopic (exact) mass is 1250 g/mol. The number of aromatic hydroxyl groups is 1. The maximum Gasteiger partial charge on any atom is 0.325 e. The van der Waals surface area contributed by atoms with Crippen LogP contribution in [-0.4, -0.2) is 149 Å². The minimum atomic E-state index is -1.71. The number of aromatic nitrogens is 1. The number of hydrogen-bond donors (Lipinski definition) is 15. The van der Waals surface area contributed by atoms with Gasteiger partial charge in [-0.1, -0.05) is 122 Å². The molecule has 2 aromatic carbocycles. The van der Waals surface area contributed by atoms with Crippen molar-refractivity contribution in [3.63, 3.8) is 0 Å². The molecule has 0 saturated heterocycles. The second-order valence-electron chi connectivity index (χ2n) is 22.8. The number of nitrogens with two attached hydrogens (primary N) is 3. The van der Waals surface area contributed by atoms with Gasteiger partial charge in [-0.3, -0.25) is 52.7 Å². The fourth-order valence-corrected chi connectivity index (χ4v) is 9.91. The summed E-state index contributed by atoms with van der Waals surface area (Å²) in [4.78, 5) is 150. The van der Waals surface area contributed by atoms with Gasteiger partial charge >= 0.3 is 5.97 Å². The van der Waals surface area contributed by atoms with Crippen LogP contribution in [0, 0.1) is 11.8 Å². The Bertz CT molecular complexity index is 2740. The highest BCUT2D eigenvalue weighted by atomic mass is 16.4. The number of para-hydroxylation sites is 1. The van der Waals surface area contributed by atoms with Gasteiger partial charge in [-0.15, -0.1) is 0 Å². The van der Waals surface area contributed by atoms with Gasteiger partial charge in [0.15, 0.2) is 0 Å². The first-order valence-corrected chi connectivity index (χ1v) is 31.5. The van der Waals surface area contributed by atoms with Crippen molar-refractivity contribution in [1.29, 1.82) is 0 Å². The molecule has 0 saturated carbocycles. The summed E-state index contributed by atoms with van der Waals surface area (Å²) in [6, 6.07) is 5.00. The minimum absolute atomic E-state index is 0.0145. The maximum atomic E-state index is 14.2. The third-order valence-corrected chi connectivity index (χ3v) is 15.5. The number of aliphatic carboxylic acids is 1. The van der Waals surface area contributed by atoms with Crippen molar-refractivity contribution in [2.75, 3.05) is 32.7 Å². The van der Waals surface area contributed by atoms with Crippen LogP contribution >= 0.6 is 0 Å². The second-order valence-corrected chi connectivity index (χ2v) is 22.8. The Morgan fingerprint density at radius 1 is 0.528 bits per heavy atom. The number of hydrogen-bond acceptors (Lipinski definition) is 14. The Labute approximate surface area is 522 Å². The Balaban J connectivity index is 1.65. The molecule has 1 heterocycles. The zero-order chi connectivity index (χ0) is 65.7. The molecule has 8 atom stereocenters. The number of phenolic OH excluding ortho intramolecular Hbond substituents is 1. The van der Waals surface area contributed by atoms with E-state index in [1.807, 2.05) is 31.2 Å². The Morgan fingerprint density at radius 2 is 1.06 bits per heavy atom. The standard InChI is InChI=1S/C63H99N13O13/c1-5-7-8-9-10-11-12-13-14-15-16-26-54(79)72-51(34-43-36-67-47-23-18-17-22-45(43)47)58(83)70-39-56(81)69-38-55(80)68-37-46(40(3)6-2)57(82)73-49(25-21-32-65)59(84)74-48(24-19-20-31-64)60(85)76-52(35-53(66)78)62(87)75-50(61(86)71-41(4)63(88)89)33-42-27-29-44(77)30-28-42/h17-18,22-23,27-30,36,40-41,46,48-52,67,77H,5-16,19-21,24-26,31-35,37-39,64-65H2,1-4H3,(H2,66,78)(H,68,80)(H,69,81)(H,70,83)(H,71,86)(H,72,79)(H,73,82)(H,74,84)(H,75,87)(H,76,85)(H,88,89)/t40-,41-,46-,48-,49-,50-,51-,52-/m1/s1. The summed E-state index contributed by atoms with van der Waals surface area (Å²) in [6.07, 6.45) is 15.1.